The average Bonchev–Trinajstić information content (AvgIpc) is 2.79. The number of hydrogen-bond donors (Lipinski definition) is 2. The molecular weight excluding hydrogens is 430 g/mol. The van der Waals surface area contributed by atoms with Crippen molar-refractivity contribution in [3.05, 3.63) is 35.9 Å². The van der Waals surface area contributed by atoms with Gasteiger partial charge in [0.25, 0.3) is 0 Å². The van der Waals surface area contributed by atoms with Gasteiger partial charge in [0.15, 0.2) is 0 Å². The zero-order chi connectivity index (χ0) is 25.0. The molecule has 1 fully saturated rings. The number of nitrogens with one attached hydrogen (secondary N) is 2. The third kappa shape index (κ3) is 9.74. The van der Waals surface area contributed by atoms with Gasteiger partial charge in [0.05, 0.1) is 0 Å². The van der Waals surface area contributed by atoms with Gasteiger partial charge in [0.1, 0.15) is 18.2 Å². The van der Waals surface area contributed by atoms with Crippen molar-refractivity contribution in [3.63, 3.8) is 0 Å². The van der Waals surface area contributed by atoms with E-state index in [1.807, 2.05) is 30.3 Å². The van der Waals surface area contributed by atoms with E-state index in [-0.39, 0.29) is 24.4 Å². The molecule has 1 aliphatic rings. The van der Waals surface area contributed by atoms with Crippen molar-refractivity contribution in [2.24, 2.45) is 0 Å². The lowest BCUT2D eigenvalue weighted by atomic mass is 9.94. The maximum Gasteiger partial charge on any atom is 0.408 e. The van der Waals surface area contributed by atoms with E-state index < -0.39 is 17.7 Å². The van der Waals surface area contributed by atoms with Crippen LogP contribution in [0, 0.1) is 0 Å². The lowest BCUT2D eigenvalue weighted by Gasteiger charge is -2.33. The molecule has 1 aromatic carbocycles. The van der Waals surface area contributed by atoms with E-state index >= 15 is 0 Å². The summed E-state index contributed by atoms with van der Waals surface area (Å²) in [7, 11) is 0. The maximum absolute atomic E-state index is 13.6. The van der Waals surface area contributed by atoms with E-state index in [4.69, 9.17) is 4.74 Å². The van der Waals surface area contributed by atoms with Crippen LogP contribution in [0.25, 0.3) is 0 Å². The van der Waals surface area contributed by atoms with Crippen molar-refractivity contribution in [1.29, 1.82) is 0 Å². The highest BCUT2D eigenvalue weighted by Crippen LogP contribution is 2.24. The van der Waals surface area contributed by atoms with E-state index in [1.165, 1.54) is 6.42 Å². The van der Waals surface area contributed by atoms with Crippen molar-refractivity contribution >= 4 is 17.9 Å². The predicted molar refractivity (Wildman–Crippen MR) is 134 cm³/mol. The fourth-order valence-electron chi connectivity index (χ4n) is 4.31. The molecule has 2 N–H and O–H groups in total. The normalized spacial score (nSPS) is 15.3. The molecule has 1 saturated carbocycles. The molecular formula is C27H43N3O4. The number of ether oxygens (including phenoxy) is 1. The van der Waals surface area contributed by atoms with E-state index in [0.29, 0.717) is 6.54 Å². The summed E-state index contributed by atoms with van der Waals surface area (Å²) in [6.07, 6.45) is 8.65. The molecule has 7 nitrogen and oxygen atoms in total. The highest BCUT2D eigenvalue weighted by atomic mass is 16.6. The molecule has 1 atom stereocenters. The Morgan fingerprint density at radius 3 is 2.32 bits per heavy atom. The molecule has 1 aromatic rings. The van der Waals surface area contributed by atoms with Gasteiger partial charge < -0.3 is 20.3 Å². The molecule has 0 saturated heterocycles. The predicted octanol–water partition coefficient (Wildman–Crippen LogP) is 5.11. The maximum atomic E-state index is 13.6. The first-order valence-corrected chi connectivity index (χ1v) is 12.8. The summed E-state index contributed by atoms with van der Waals surface area (Å²) in [5, 5.41) is 5.77. The van der Waals surface area contributed by atoms with E-state index in [0.717, 1.165) is 56.9 Å². The number of alkyl carbamates (subject to hydrolysis) is 1. The zero-order valence-electron chi connectivity index (χ0n) is 21.4. The Bertz CT molecular complexity index is 770. The van der Waals surface area contributed by atoms with Gasteiger partial charge in [-0.15, -0.1) is 0 Å². The molecule has 1 unspecified atom stereocenters. The number of hydrogen-bond acceptors (Lipinski definition) is 4. The third-order valence-corrected chi connectivity index (χ3v) is 5.98. The molecule has 190 valence electrons. The Balaban J connectivity index is 2.21. The quantitative estimate of drug-likeness (QED) is 0.437. The summed E-state index contributed by atoms with van der Waals surface area (Å²) < 4.78 is 5.27. The molecule has 0 aromatic heterocycles. The van der Waals surface area contributed by atoms with Crippen LogP contribution in [0.4, 0.5) is 4.79 Å². The van der Waals surface area contributed by atoms with E-state index in [1.54, 1.807) is 25.7 Å². The Labute approximate surface area is 205 Å². The second kappa shape index (κ2) is 14.0. The standard InChI is InChI=1S/C27H43N3O4/c1-5-6-7-14-19-30(23(31)20-28-26(33)34-27(2,3)4)24(21-15-10-8-11-16-21)25(32)29-22-17-12-9-13-18-22/h8,10-11,15-16,22,24H,5-7,9,12-14,17-20H2,1-4H3,(H,28,33)(H,29,32). The van der Waals surface area contributed by atoms with Crippen molar-refractivity contribution in [3.8, 4) is 0 Å². The second-order valence-electron chi connectivity index (χ2n) is 10.2. The first-order chi connectivity index (χ1) is 16.2. The Hall–Kier alpha value is -2.57. The van der Waals surface area contributed by atoms with Crippen LogP contribution in [-0.2, 0) is 14.3 Å². The molecule has 1 aliphatic carbocycles. The Kier molecular flexibility index (Phi) is 11.4. The largest absolute Gasteiger partial charge is 0.444 e. The highest BCUT2D eigenvalue weighted by molar-refractivity contribution is 5.90. The fourth-order valence-corrected chi connectivity index (χ4v) is 4.31. The smallest absolute Gasteiger partial charge is 0.408 e. The summed E-state index contributed by atoms with van der Waals surface area (Å²) >= 11 is 0. The van der Waals surface area contributed by atoms with E-state index in [9.17, 15) is 14.4 Å². The molecule has 7 heteroatoms. The van der Waals surface area contributed by atoms with Crippen molar-refractivity contribution < 1.29 is 19.1 Å². The minimum Gasteiger partial charge on any atom is -0.444 e. The number of carbonyl (C=O) groups excluding carboxylic acids is 3. The summed E-state index contributed by atoms with van der Waals surface area (Å²) in [5.41, 5.74) is 0.122. The van der Waals surface area contributed by atoms with Gasteiger partial charge in [-0.1, -0.05) is 75.8 Å². The van der Waals surface area contributed by atoms with Crippen molar-refractivity contribution in [2.45, 2.75) is 103 Å². The van der Waals surface area contributed by atoms with Gasteiger partial charge in [-0.25, -0.2) is 4.79 Å². The first-order valence-electron chi connectivity index (χ1n) is 12.8. The van der Waals surface area contributed by atoms with Crippen LogP contribution in [0.5, 0.6) is 0 Å². The van der Waals surface area contributed by atoms with Crippen molar-refractivity contribution in [1.82, 2.24) is 15.5 Å². The third-order valence-electron chi connectivity index (χ3n) is 5.98. The number of unbranched alkanes of at least 4 members (excludes halogenated alkanes) is 3. The monoisotopic (exact) mass is 473 g/mol. The molecule has 0 heterocycles. The van der Waals surface area contributed by atoms with E-state index in [2.05, 4.69) is 17.6 Å². The Morgan fingerprint density at radius 1 is 1.03 bits per heavy atom. The molecule has 0 spiro atoms. The fraction of sp³-hybridized carbons (Fsp3) is 0.667. The van der Waals surface area contributed by atoms with Gasteiger partial charge in [-0.3, -0.25) is 9.59 Å². The van der Waals surface area contributed by atoms with Crippen LogP contribution in [0.15, 0.2) is 30.3 Å². The molecule has 2 rings (SSSR count). The minimum absolute atomic E-state index is 0.143. The molecule has 0 radical (unpaired) electrons. The van der Waals surface area contributed by atoms with Gasteiger partial charge in [0, 0.05) is 12.6 Å². The van der Waals surface area contributed by atoms with Crippen LogP contribution in [0.1, 0.15) is 97.1 Å². The minimum atomic E-state index is -0.738. The van der Waals surface area contributed by atoms with Crippen LogP contribution >= 0.6 is 0 Å². The zero-order valence-corrected chi connectivity index (χ0v) is 21.4. The van der Waals surface area contributed by atoms with Crippen LogP contribution in [0.3, 0.4) is 0 Å². The lowest BCUT2D eigenvalue weighted by molar-refractivity contribution is -0.140. The molecule has 34 heavy (non-hydrogen) atoms. The van der Waals surface area contributed by atoms with Crippen LogP contribution in [0.2, 0.25) is 0 Å². The molecule has 3 amide bonds. The Morgan fingerprint density at radius 2 is 1.71 bits per heavy atom. The van der Waals surface area contributed by atoms with Gasteiger partial charge in [0.2, 0.25) is 11.8 Å². The number of nitrogens with zero attached hydrogens (tertiary/aromatic N) is 1. The first kappa shape index (κ1) is 27.7. The number of amides is 3. The molecule has 0 bridgehead atoms. The van der Waals surface area contributed by atoms with Crippen LogP contribution < -0.4 is 10.6 Å². The summed E-state index contributed by atoms with van der Waals surface area (Å²) in [6, 6.07) is 8.85. The number of benzene rings is 1. The highest BCUT2D eigenvalue weighted by Gasteiger charge is 2.32. The number of carbonyl (C=O) groups is 3. The summed E-state index contributed by atoms with van der Waals surface area (Å²) in [6.45, 7) is 7.69. The topological polar surface area (TPSA) is 87.7 Å². The average molecular weight is 474 g/mol. The second-order valence-corrected chi connectivity index (χ2v) is 10.2. The van der Waals surface area contributed by atoms with Crippen LogP contribution in [-0.4, -0.2) is 47.5 Å². The summed E-state index contributed by atoms with van der Waals surface area (Å²) in [5.74, 6) is -0.450. The lowest BCUT2D eigenvalue weighted by Crippen LogP contribution is -2.50. The van der Waals surface area contributed by atoms with Crippen molar-refractivity contribution in [2.75, 3.05) is 13.1 Å². The van der Waals surface area contributed by atoms with Gasteiger partial charge in [-0.05, 0) is 45.6 Å². The molecule has 0 aliphatic heterocycles. The van der Waals surface area contributed by atoms with Gasteiger partial charge >= 0.3 is 6.09 Å². The number of rotatable bonds is 11. The SMILES string of the molecule is CCCCCCN(C(=O)CNC(=O)OC(C)(C)C)C(C(=O)NC1CCCCC1)c1ccccc1. The summed E-state index contributed by atoms with van der Waals surface area (Å²) in [4.78, 5) is 40.7. The van der Waals surface area contributed by atoms with Gasteiger partial charge in [-0.2, -0.15) is 0 Å².